The van der Waals surface area contributed by atoms with Gasteiger partial charge in [0.15, 0.2) is 11.5 Å². The summed E-state index contributed by atoms with van der Waals surface area (Å²) in [6.45, 7) is 6.52. The number of aromatic amines is 1. The predicted molar refractivity (Wildman–Crippen MR) is 150 cm³/mol. The minimum atomic E-state index is -1.03. The highest BCUT2D eigenvalue weighted by Crippen LogP contribution is 2.42. The molecule has 1 unspecified atom stereocenters. The Hall–Kier alpha value is -4.86. The zero-order valence-corrected chi connectivity index (χ0v) is 22.9. The molecule has 1 aliphatic rings. The van der Waals surface area contributed by atoms with E-state index in [-0.39, 0.29) is 17.3 Å². The summed E-state index contributed by atoms with van der Waals surface area (Å²) in [4.78, 5) is 40.3. The Morgan fingerprint density at radius 1 is 1.05 bits per heavy atom. The van der Waals surface area contributed by atoms with E-state index in [2.05, 4.69) is 28.8 Å². The van der Waals surface area contributed by atoms with Crippen molar-refractivity contribution in [2.24, 2.45) is 5.92 Å². The number of pyridine rings is 1. The first-order valence-electron chi connectivity index (χ1n) is 12.8. The summed E-state index contributed by atoms with van der Waals surface area (Å²) in [6.07, 6.45) is 1.56. The molecule has 2 aromatic carbocycles. The number of benzene rings is 2. The van der Waals surface area contributed by atoms with Gasteiger partial charge in [-0.3, -0.25) is 19.5 Å². The fourth-order valence-electron chi connectivity index (χ4n) is 4.68. The van der Waals surface area contributed by atoms with Crippen LogP contribution in [-0.2, 0) is 9.59 Å². The normalized spacial score (nSPS) is 16.6. The zero-order chi connectivity index (χ0) is 28.6. The van der Waals surface area contributed by atoms with Gasteiger partial charge in [-0.05, 0) is 48.7 Å². The average Bonchev–Trinajstić information content (AvgIpc) is 3.48. The number of ether oxygens (including phenoxy) is 3. The molecule has 1 amide bonds. The third-order valence-electron chi connectivity index (χ3n) is 6.64. The number of anilines is 1. The van der Waals surface area contributed by atoms with Crippen LogP contribution in [0.1, 0.15) is 36.7 Å². The van der Waals surface area contributed by atoms with E-state index in [9.17, 15) is 14.7 Å². The molecule has 10 heteroatoms. The number of methoxy groups -OCH3 is 2. The van der Waals surface area contributed by atoms with Crippen molar-refractivity contribution < 1.29 is 28.9 Å². The number of fused-ring (bicyclic) bond motifs is 1. The molecule has 4 aromatic rings. The summed E-state index contributed by atoms with van der Waals surface area (Å²) in [7, 11) is 3.03. The number of carbonyl (C=O) groups excluding carboxylic acids is 2. The molecule has 0 aliphatic carbocycles. The van der Waals surface area contributed by atoms with Crippen molar-refractivity contribution in [2.45, 2.75) is 26.8 Å². The van der Waals surface area contributed by atoms with Crippen LogP contribution < -0.4 is 19.1 Å². The summed E-state index contributed by atoms with van der Waals surface area (Å²) in [5, 5.41) is 11.5. The Morgan fingerprint density at radius 3 is 2.45 bits per heavy atom. The van der Waals surface area contributed by atoms with Gasteiger partial charge in [-0.25, -0.2) is 4.98 Å². The highest BCUT2D eigenvalue weighted by molar-refractivity contribution is 6.51. The Balaban J connectivity index is 1.64. The SMILES string of the molecule is COc1cc2nc(N3C(=O)C(=O)/C(=C(/O)c4ccc(OCC(C)C)c(C)c4)C3c3ccccn3)[nH]c2cc1OC. The third kappa shape index (κ3) is 4.72. The Morgan fingerprint density at radius 2 is 1.80 bits per heavy atom. The second kappa shape index (κ2) is 10.7. The number of ketones is 1. The number of hydrogen-bond donors (Lipinski definition) is 2. The number of carbonyl (C=O) groups is 2. The van der Waals surface area contributed by atoms with Crippen LogP contribution in [0, 0.1) is 12.8 Å². The standard InChI is InChI=1S/C30H30N4O6/c1-16(2)15-40-22-10-9-18(12-17(22)3)27(35)25-26(19-8-6-7-11-31-19)34(29(37)28(25)36)30-32-20-13-23(38-4)24(39-5)14-21(20)33-30/h6-14,16,26,35H,15H2,1-5H3,(H,32,33)/b27-25+. The molecule has 0 bridgehead atoms. The van der Waals surface area contributed by atoms with Crippen molar-refractivity contribution in [1.82, 2.24) is 15.0 Å². The Kier molecular flexibility index (Phi) is 7.17. The van der Waals surface area contributed by atoms with Gasteiger partial charge in [-0.1, -0.05) is 19.9 Å². The highest BCUT2D eigenvalue weighted by atomic mass is 16.5. The molecule has 40 heavy (non-hydrogen) atoms. The molecule has 206 valence electrons. The van der Waals surface area contributed by atoms with Gasteiger partial charge in [0.1, 0.15) is 17.6 Å². The molecule has 0 radical (unpaired) electrons. The van der Waals surface area contributed by atoms with E-state index < -0.39 is 17.7 Å². The van der Waals surface area contributed by atoms with E-state index in [1.54, 1.807) is 54.7 Å². The van der Waals surface area contributed by atoms with Crippen LogP contribution in [0.5, 0.6) is 17.2 Å². The maximum absolute atomic E-state index is 13.5. The second-order valence-electron chi connectivity index (χ2n) is 9.89. The van der Waals surface area contributed by atoms with Gasteiger partial charge in [0, 0.05) is 23.9 Å². The zero-order valence-electron chi connectivity index (χ0n) is 22.9. The maximum Gasteiger partial charge on any atom is 0.302 e. The summed E-state index contributed by atoms with van der Waals surface area (Å²) < 4.78 is 16.6. The van der Waals surface area contributed by atoms with Crippen LogP contribution in [0.3, 0.4) is 0 Å². The van der Waals surface area contributed by atoms with Crippen molar-refractivity contribution in [1.29, 1.82) is 0 Å². The lowest BCUT2D eigenvalue weighted by Gasteiger charge is -2.22. The number of nitrogens with zero attached hydrogens (tertiary/aromatic N) is 3. The minimum absolute atomic E-state index is 0.0884. The van der Waals surface area contributed by atoms with E-state index >= 15 is 0 Å². The van der Waals surface area contributed by atoms with E-state index in [0.717, 1.165) is 5.56 Å². The van der Waals surface area contributed by atoms with Gasteiger partial charge in [0.25, 0.3) is 5.78 Å². The predicted octanol–water partition coefficient (Wildman–Crippen LogP) is 4.94. The largest absolute Gasteiger partial charge is 0.507 e. The van der Waals surface area contributed by atoms with Crippen LogP contribution in [0.15, 0.2) is 60.3 Å². The molecule has 3 heterocycles. The molecule has 1 atom stereocenters. The van der Waals surface area contributed by atoms with Crippen molar-refractivity contribution >= 4 is 34.4 Å². The van der Waals surface area contributed by atoms with Crippen LogP contribution in [-0.4, -0.2) is 52.6 Å². The lowest BCUT2D eigenvalue weighted by Crippen LogP contribution is -2.30. The monoisotopic (exact) mass is 542 g/mol. The van der Waals surface area contributed by atoms with Crippen LogP contribution in [0.25, 0.3) is 16.8 Å². The number of hydrogen-bond acceptors (Lipinski definition) is 8. The second-order valence-corrected chi connectivity index (χ2v) is 9.89. The van der Waals surface area contributed by atoms with Crippen LogP contribution >= 0.6 is 0 Å². The molecule has 10 nitrogen and oxygen atoms in total. The summed E-state index contributed by atoms with van der Waals surface area (Å²) in [5.74, 6) is 0.0928. The molecular formula is C30H30N4O6. The third-order valence-corrected chi connectivity index (χ3v) is 6.64. The van der Waals surface area contributed by atoms with Crippen LogP contribution in [0.4, 0.5) is 5.95 Å². The topological polar surface area (TPSA) is 127 Å². The first-order valence-corrected chi connectivity index (χ1v) is 12.8. The number of imidazole rings is 1. The van der Waals surface area contributed by atoms with E-state index in [1.807, 2.05) is 6.92 Å². The lowest BCUT2D eigenvalue weighted by atomic mass is 9.97. The highest BCUT2D eigenvalue weighted by Gasteiger charge is 2.49. The Bertz CT molecular complexity index is 1590. The van der Waals surface area contributed by atoms with Crippen molar-refractivity contribution in [3.63, 3.8) is 0 Å². The number of nitrogens with one attached hydrogen (secondary N) is 1. The number of amides is 1. The molecule has 1 aliphatic heterocycles. The molecule has 0 saturated carbocycles. The molecular weight excluding hydrogens is 512 g/mol. The summed E-state index contributed by atoms with van der Waals surface area (Å²) >= 11 is 0. The molecule has 2 N–H and O–H groups in total. The molecule has 1 fully saturated rings. The lowest BCUT2D eigenvalue weighted by molar-refractivity contribution is -0.132. The van der Waals surface area contributed by atoms with Crippen molar-refractivity contribution in [2.75, 3.05) is 25.7 Å². The fourth-order valence-corrected chi connectivity index (χ4v) is 4.68. The van der Waals surface area contributed by atoms with Gasteiger partial charge in [-0.15, -0.1) is 0 Å². The number of Topliss-reactive ketones (excluding diaryl/α,β-unsaturated/α-hetero) is 1. The van der Waals surface area contributed by atoms with Crippen LogP contribution in [0.2, 0.25) is 0 Å². The van der Waals surface area contributed by atoms with E-state index in [0.29, 0.717) is 52.1 Å². The maximum atomic E-state index is 13.5. The van der Waals surface area contributed by atoms with Gasteiger partial charge in [0.2, 0.25) is 5.95 Å². The molecule has 2 aromatic heterocycles. The average molecular weight is 543 g/mol. The number of aryl methyl sites for hydroxylation is 1. The molecule has 0 spiro atoms. The molecule has 5 rings (SSSR count). The number of aliphatic hydroxyl groups excluding tert-OH is 1. The van der Waals surface area contributed by atoms with Crippen molar-refractivity contribution in [3.8, 4) is 17.2 Å². The molecule has 1 saturated heterocycles. The van der Waals surface area contributed by atoms with Crippen molar-refractivity contribution in [3.05, 3.63) is 77.1 Å². The Labute approximate surface area is 231 Å². The van der Waals surface area contributed by atoms with E-state index in [4.69, 9.17) is 14.2 Å². The number of H-pyrrole nitrogens is 1. The smallest absolute Gasteiger partial charge is 0.302 e. The van der Waals surface area contributed by atoms with Gasteiger partial charge < -0.3 is 24.3 Å². The summed E-state index contributed by atoms with van der Waals surface area (Å²) in [6, 6.07) is 12.7. The number of aromatic nitrogens is 3. The minimum Gasteiger partial charge on any atom is -0.507 e. The number of rotatable bonds is 8. The quantitative estimate of drug-likeness (QED) is 0.182. The number of aliphatic hydroxyl groups is 1. The first kappa shape index (κ1) is 26.7. The van der Waals surface area contributed by atoms with Gasteiger partial charge in [-0.2, -0.15) is 0 Å². The van der Waals surface area contributed by atoms with Gasteiger partial charge >= 0.3 is 5.91 Å². The summed E-state index contributed by atoms with van der Waals surface area (Å²) in [5.41, 5.74) is 2.55. The van der Waals surface area contributed by atoms with E-state index in [1.165, 1.54) is 19.1 Å². The van der Waals surface area contributed by atoms with Gasteiger partial charge in [0.05, 0.1) is 43.1 Å². The first-order chi connectivity index (χ1) is 19.2. The fraction of sp³-hybridized carbons (Fsp3) is 0.267.